The lowest BCUT2D eigenvalue weighted by Crippen LogP contribution is -2.52. The quantitative estimate of drug-likeness (QED) is 0.812. The average Bonchev–Trinajstić information content (AvgIpc) is 2.81. The first-order valence-corrected chi connectivity index (χ1v) is 6.39. The molecule has 2 heterocycles. The molecule has 2 fully saturated rings. The SMILES string of the molecule is O=C1C[C@@H]2OC[C@H](OCc3ccccc3)[C@@H](O)[C@H]2O1. The fraction of sp³-hybridized carbons (Fsp3) is 0.500. The maximum atomic E-state index is 11.2. The monoisotopic (exact) mass is 264 g/mol. The molecule has 0 saturated carbocycles. The van der Waals surface area contributed by atoms with E-state index in [1.807, 2.05) is 30.3 Å². The predicted molar refractivity (Wildman–Crippen MR) is 65.3 cm³/mol. The molecule has 0 amide bonds. The molecule has 4 atom stereocenters. The van der Waals surface area contributed by atoms with Crippen molar-refractivity contribution in [2.24, 2.45) is 0 Å². The van der Waals surface area contributed by atoms with Gasteiger partial charge in [-0.05, 0) is 5.56 Å². The van der Waals surface area contributed by atoms with E-state index in [9.17, 15) is 9.90 Å². The number of fused-ring (bicyclic) bond motifs is 1. The van der Waals surface area contributed by atoms with Crippen molar-refractivity contribution in [3.8, 4) is 0 Å². The Morgan fingerprint density at radius 1 is 1.32 bits per heavy atom. The molecule has 1 aromatic carbocycles. The molecule has 0 radical (unpaired) electrons. The van der Waals surface area contributed by atoms with Crippen LogP contribution in [0.2, 0.25) is 0 Å². The number of ether oxygens (including phenoxy) is 3. The third-order valence-corrected chi connectivity index (χ3v) is 3.50. The average molecular weight is 264 g/mol. The number of aliphatic hydroxyl groups excluding tert-OH is 1. The summed E-state index contributed by atoms with van der Waals surface area (Å²) in [6.45, 7) is 0.684. The van der Waals surface area contributed by atoms with Gasteiger partial charge in [-0.25, -0.2) is 0 Å². The summed E-state index contributed by atoms with van der Waals surface area (Å²) in [6, 6.07) is 9.70. The Morgan fingerprint density at radius 3 is 2.89 bits per heavy atom. The Balaban J connectivity index is 1.59. The van der Waals surface area contributed by atoms with Gasteiger partial charge in [-0.2, -0.15) is 0 Å². The van der Waals surface area contributed by atoms with Gasteiger partial charge in [0.1, 0.15) is 18.3 Å². The summed E-state index contributed by atoms with van der Waals surface area (Å²) < 4.78 is 16.2. The largest absolute Gasteiger partial charge is 0.457 e. The molecule has 0 aliphatic carbocycles. The van der Waals surface area contributed by atoms with E-state index in [0.717, 1.165) is 5.56 Å². The van der Waals surface area contributed by atoms with Gasteiger partial charge in [0.15, 0.2) is 6.10 Å². The summed E-state index contributed by atoms with van der Waals surface area (Å²) in [4.78, 5) is 11.2. The smallest absolute Gasteiger partial charge is 0.309 e. The van der Waals surface area contributed by atoms with E-state index in [1.54, 1.807) is 0 Å². The minimum atomic E-state index is -0.825. The highest BCUT2D eigenvalue weighted by Gasteiger charge is 2.47. The Labute approximate surface area is 111 Å². The molecule has 2 saturated heterocycles. The van der Waals surface area contributed by atoms with Crippen LogP contribution < -0.4 is 0 Å². The molecule has 0 unspecified atom stereocenters. The van der Waals surface area contributed by atoms with Crippen LogP contribution in [0.4, 0.5) is 0 Å². The molecule has 2 aliphatic heterocycles. The lowest BCUT2D eigenvalue weighted by Gasteiger charge is -2.34. The van der Waals surface area contributed by atoms with Crippen LogP contribution >= 0.6 is 0 Å². The summed E-state index contributed by atoms with van der Waals surface area (Å²) in [5.74, 6) is -0.322. The number of carbonyl (C=O) groups is 1. The number of hydrogen-bond donors (Lipinski definition) is 1. The van der Waals surface area contributed by atoms with Crippen molar-refractivity contribution in [2.75, 3.05) is 6.61 Å². The van der Waals surface area contributed by atoms with Gasteiger partial charge in [0.05, 0.1) is 19.6 Å². The van der Waals surface area contributed by atoms with Crippen molar-refractivity contribution in [3.63, 3.8) is 0 Å². The first-order chi connectivity index (χ1) is 9.24. The number of rotatable bonds is 3. The number of benzene rings is 1. The van der Waals surface area contributed by atoms with E-state index < -0.39 is 18.3 Å². The van der Waals surface area contributed by atoms with E-state index in [-0.39, 0.29) is 25.1 Å². The standard InChI is InChI=1S/C14H16O5/c15-12-6-10-14(19-12)13(16)11(8-18-10)17-7-9-4-2-1-3-5-9/h1-5,10-11,13-14,16H,6-8H2/t10-,11-,13+,14-/m0/s1. The van der Waals surface area contributed by atoms with Gasteiger partial charge in [-0.15, -0.1) is 0 Å². The molecule has 1 aromatic rings. The highest BCUT2D eigenvalue weighted by molar-refractivity contribution is 5.72. The number of esters is 1. The zero-order valence-electron chi connectivity index (χ0n) is 10.4. The Kier molecular flexibility index (Phi) is 3.50. The van der Waals surface area contributed by atoms with Crippen LogP contribution in [0.15, 0.2) is 30.3 Å². The van der Waals surface area contributed by atoms with Gasteiger partial charge in [0, 0.05) is 0 Å². The van der Waals surface area contributed by atoms with Crippen LogP contribution in [0.25, 0.3) is 0 Å². The second kappa shape index (κ2) is 5.28. The molecule has 5 nitrogen and oxygen atoms in total. The highest BCUT2D eigenvalue weighted by Crippen LogP contribution is 2.28. The minimum Gasteiger partial charge on any atom is -0.457 e. The maximum Gasteiger partial charge on any atom is 0.309 e. The Hall–Kier alpha value is -1.43. The molecule has 0 aromatic heterocycles. The molecule has 2 aliphatic rings. The zero-order chi connectivity index (χ0) is 13.2. The number of aliphatic hydroxyl groups is 1. The van der Waals surface area contributed by atoms with Gasteiger partial charge in [-0.1, -0.05) is 30.3 Å². The van der Waals surface area contributed by atoms with Gasteiger partial charge in [0.25, 0.3) is 0 Å². The molecule has 1 N–H and O–H groups in total. The summed E-state index contributed by atoms with van der Waals surface area (Å²) >= 11 is 0. The molecule has 3 rings (SSSR count). The van der Waals surface area contributed by atoms with E-state index in [4.69, 9.17) is 14.2 Å². The number of carbonyl (C=O) groups excluding carboxylic acids is 1. The van der Waals surface area contributed by atoms with E-state index in [0.29, 0.717) is 6.61 Å². The zero-order valence-corrected chi connectivity index (χ0v) is 10.4. The van der Waals surface area contributed by atoms with Gasteiger partial charge in [-0.3, -0.25) is 4.79 Å². The van der Waals surface area contributed by atoms with Crippen LogP contribution in [0.3, 0.4) is 0 Å². The van der Waals surface area contributed by atoms with E-state index in [1.165, 1.54) is 0 Å². The van der Waals surface area contributed by atoms with Gasteiger partial charge < -0.3 is 19.3 Å². The molecule has 19 heavy (non-hydrogen) atoms. The van der Waals surface area contributed by atoms with Crippen molar-refractivity contribution in [1.82, 2.24) is 0 Å². The van der Waals surface area contributed by atoms with Crippen LogP contribution in [-0.4, -0.2) is 42.1 Å². The van der Waals surface area contributed by atoms with Crippen molar-refractivity contribution < 1.29 is 24.1 Å². The molecular formula is C14H16O5. The maximum absolute atomic E-state index is 11.2. The lowest BCUT2D eigenvalue weighted by molar-refractivity contribution is -0.193. The lowest BCUT2D eigenvalue weighted by atomic mass is 10.00. The van der Waals surface area contributed by atoms with Crippen molar-refractivity contribution >= 4 is 5.97 Å². The van der Waals surface area contributed by atoms with E-state index >= 15 is 0 Å². The van der Waals surface area contributed by atoms with Crippen LogP contribution in [0.1, 0.15) is 12.0 Å². The van der Waals surface area contributed by atoms with Crippen molar-refractivity contribution in [3.05, 3.63) is 35.9 Å². The molecular weight excluding hydrogens is 248 g/mol. The fourth-order valence-corrected chi connectivity index (χ4v) is 2.45. The number of hydrogen-bond acceptors (Lipinski definition) is 5. The van der Waals surface area contributed by atoms with Crippen LogP contribution in [-0.2, 0) is 25.6 Å². The van der Waals surface area contributed by atoms with Crippen molar-refractivity contribution in [2.45, 2.75) is 37.4 Å². The fourth-order valence-electron chi connectivity index (χ4n) is 2.45. The molecule has 5 heteroatoms. The second-order valence-corrected chi connectivity index (χ2v) is 4.86. The highest BCUT2D eigenvalue weighted by atomic mass is 16.6. The first-order valence-electron chi connectivity index (χ1n) is 6.39. The topological polar surface area (TPSA) is 65.0 Å². The Morgan fingerprint density at radius 2 is 2.11 bits per heavy atom. The third-order valence-electron chi connectivity index (χ3n) is 3.50. The van der Waals surface area contributed by atoms with E-state index in [2.05, 4.69) is 0 Å². The summed E-state index contributed by atoms with van der Waals surface area (Å²) in [5.41, 5.74) is 1.03. The second-order valence-electron chi connectivity index (χ2n) is 4.86. The summed E-state index contributed by atoms with van der Waals surface area (Å²) in [5, 5.41) is 10.2. The van der Waals surface area contributed by atoms with Gasteiger partial charge in [0.2, 0.25) is 0 Å². The predicted octanol–water partition coefficient (Wildman–Crippen LogP) is 0.647. The molecule has 0 bridgehead atoms. The first kappa shape index (κ1) is 12.6. The summed E-state index contributed by atoms with van der Waals surface area (Å²) in [6.07, 6.45) is -2.00. The minimum absolute atomic E-state index is 0.215. The van der Waals surface area contributed by atoms with Gasteiger partial charge >= 0.3 is 5.97 Å². The van der Waals surface area contributed by atoms with Crippen LogP contribution in [0, 0.1) is 0 Å². The summed E-state index contributed by atoms with van der Waals surface area (Å²) in [7, 11) is 0. The normalized spacial score (nSPS) is 33.8. The molecule has 0 spiro atoms. The Bertz CT molecular complexity index is 446. The third kappa shape index (κ3) is 2.63. The van der Waals surface area contributed by atoms with Crippen LogP contribution in [0.5, 0.6) is 0 Å². The van der Waals surface area contributed by atoms with Crippen molar-refractivity contribution in [1.29, 1.82) is 0 Å². The molecule has 102 valence electrons.